The molecule has 0 fully saturated rings. The molecular weight excluding hydrogens is 667 g/mol. The van der Waals surface area contributed by atoms with E-state index in [1.807, 2.05) is 42.5 Å². The molecule has 0 saturated heterocycles. The number of methoxy groups -OCH3 is 4. The lowest BCUT2D eigenvalue weighted by molar-refractivity contribution is 0.0588. The van der Waals surface area contributed by atoms with Crippen molar-refractivity contribution in [2.24, 2.45) is 0 Å². The molecule has 7 nitrogen and oxygen atoms in total. The van der Waals surface area contributed by atoms with Crippen molar-refractivity contribution >= 4 is 59.4 Å². The summed E-state index contributed by atoms with van der Waals surface area (Å²) in [6.45, 7) is 7.05. The minimum atomic E-state index is -2.81. The van der Waals surface area contributed by atoms with Crippen LogP contribution in [0.3, 0.4) is 0 Å². The first-order chi connectivity index (χ1) is 22.9. The van der Waals surface area contributed by atoms with E-state index >= 15 is 0 Å². The predicted octanol–water partition coefficient (Wildman–Crippen LogP) is 7.98. The topological polar surface area (TPSA) is 80.3 Å². The second-order valence-electron chi connectivity index (χ2n) is 12.0. The van der Waals surface area contributed by atoms with Crippen LogP contribution in [0.2, 0.25) is 15.1 Å². The maximum absolute atomic E-state index is 12.8. The Bertz CT molecular complexity index is 1670. The minimum absolute atomic E-state index is 0.143. The molecule has 0 atom stereocenters. The lowest BCUT2D eigenvalue weighted by Crippen LogP contribution is -2.66. The molecule has 0 bridgehead atoms. The number of esters is 2. The third-order valence-corrected chi connectivity index (χ3v) is 13.7. The Morgan fingerprint density at radius 2 is 1.10 bits per heavy atom. The Balaban J connectivity index is 1.88. The van der Waals surface area contributed by atoms with Crippen molar-refractivity contribution < 1.29 is 33.0 Å². The monoisotopic (exact) mass is 706 g/mol. The van der Waals surface area contributed by atoms with Crippen LogP contribution in [0.5, 0.6) is 11.5 Å². The Hall–Kier alpha value is -4.08. The van der Waals surface area contributed by atoms with Crippen molar-refractivity contribution in [1.82, 2.24) is 0 Å². The smallest absolute Gasteiger partial charge is 0.341 e. The first-order valence-electron chi connectivity index (χ1n) is 15.3. The molecule has 0 spiro atoms. The predicted molar refractivity (Wildman–Crippen MR) is 194 cm³/mol. The number of halogens is 2. The van der Waals surface area contributed by atoms with Crippen LogP contribution in [0.25, 0.3) is 5.57 Å². The quantitative estimate of drug-likeness (QED) is 0.0840. The molecule has 4 aromatic carbocycles. The maximum Gasteiger partial charge on any atom is 0.341 e. The summed E-state index contributed by atoms with van der Waals surface area (Å²) >= 11 is 13.3. The fourth-order valence-corrected chi connectivity index (χ4v) is 11.2. The van der Waals surface area contributed by atoms with Gasteiger partial charge in [0.05, 0.1) is 38.5 Å². The van der Waals surface area contributed by atoms with Gasteiger partial charge in [-0.05, 0) is 62.8 Å². The van der Waals surface area contributed by atoms with Gasteiger partial charge in [0.1, 0.15) is 11.1 Å². The fourth-order valence-electron chi connectivity index (χ4n) is 6.02. The van der Waals surface area contributed by atoms with Crippen molar-refractivity contribution in [3.8, 4) is 11.5 Å². The van der Waals surface area contributed by atoms with E-state index in [1.165, 1.54) is 38.8 Å². The lowest BCUT2D eigenvalue weighted by atomic mass is 9.93. The van der Waals surface area contributed by atoms with E-state index in [0.717, 1.165) is 0 Å². The van der Waals surface area contributed by atoms with Gasteiger partial charge >= 0.3 is 11.9 Å². The second-order valence-corrected chi connectivity index (χ2v) is 17.1. The van der Waals surface area contributed by atoms with E-state index in [9.17, 15) is 9.59 Å². The van der Waals surface area contributed by atoms with Gasteiger partial charge in [-0.3, -0.25) is 0 Å². The van der Waals surface area contributed by atoms with E-state index in [1.54, 1.807) is 24.3 Å². The maximum atomic E-state index is 12.8. The van der Waals surface area contributed by atoms with Crippen molar-refractivity contribution in [1.29, 1.82) is 0 Å². The Kier molecular flexibility index (Phi) is 12.2. The summed E-state index contributed by atoms with van der Waals surface area (Å²) in [5.41, 5.74) is 2.08. The summed E-state index contributed by atoms with van der Waals surface area (Å²) in [6.07, 6.45) is 2.45. The van der Waals surface area contributed by atoms with Crippen molar-refractivity contribution in [3.63, 3.8) is 0 Å². The van der Waals surface area contributed by atoms with Crippen LogP contribution < -0.4 is 19.8 Å². The number of carbonyl (C=O) groups is 2. The summed E-state index contributed by atoms with van der Waals surface area (Å²) in [6, 6.07) is 27.5. The summed E-state index contributed by atoms with van der Waals surface area (Å²) in [5, 5.41) is 2.54. The van der Waals surface area contributed by atoms with Crippen LogP contribution in [0, 0.1) is 0 Å². The highest BCUT2D eigenvalue weighted by Crippen LogP contribution is 2.40. The zero-order valence-corrected chi connectivity index (χ0v) is 30.7. The molecule has 0 amide bonds. The zero-order chi connectivity index (χ0) is 35.1. The van der Waals surface area contributed by atoms with Gasteiger partial charge in [0.15, 0.2) is 11.5 Å². The van der Waals surface area contributed by atoms with E-state index in [2.05, 4.69) is 45.0 Å². The molecule has 0 unspecified atom stereocenters. The summed E-state index contributed by atoms with van der Waals surface area (Å²) in [7, 11) is 2.62. The standard InChI is InChI=1S/C38H40Cl2O7Si/c1-38(2,3)48(27-15-10-8-11-16-27,28-17-12-9-13-18-28)47-20-14-19-29(25-21-30(36(41)45-6)34(43-4)32(39)23-25)26-22-31(37(42)46-7)35(44-5)33(40)24-26/h8-13,15-19,21-24H,14,20H2,1-7H3. The Morgan fingerprint density at radius 1 is 0.688 bits per heavy atom. The molecule has 0 aromatic heterocycles. The van der Waals surface area contributed by atoms with E-state index in [0.29, 0.717) is 29.7 Å². The number of benzene rings is 4. The first kappa shape index (κ1) is 36.7. The Morgan fingerprint density at radius 3 is 1.46 bits per heavy atom. The SMILES string of the molecule is COC(=O)c1cc(C(=CCCO[Si](c2ccccc2)(c2ccccc2)C(C)(C)C)c2cc(Cl)c(OC)c(C(=O)OC)c2)cc(Cl)c1OC. The van der Waals surface area contributed by atoms with E-state index < -0.39 is 20.3 Å². The largest absolute Gasteiger partial charge is 0.494 e. The highest BCUT2D eigenvalue weighted by atomic mass is 35.5. The van der Waals surface area contributed by atoms with Gasteiger partial charge in [0.2, 0.25) is 0 Å². The molecular formula is C38H40Cl2O7Si. The van der Waals surface area contributed by atoms with Gasteiger partial charge in [-0.15, -0.1) is 0 Å². The highest BCUT2D eigenvalue weighted by molar-refractivity contribution is 6.99. The van der Waals surface area contributed by atoms with Crippen LogP contribution in [-0.2, 0) is 13.9 Å². The lowest BCUT2D eigenvalue weighted by Gasteiger charge is -2.43. The molecule has 4 rings (SSSR count). The molecule has 0 radical (unpaired) electrons. The van der Waals surface area contributed by atoms with Gasteiger partial charge in [-0.1, -0.05) is 111 Å². The van der Waals surface area contributed by atoms with Gasteiger partial charge in [-0.2, -0.15) is 0 Å². The average Bonchev–Trinajstić information content (AvgIpc) is 3.08. The van der Waals surface area contributed by atoms with Crippen molar-refractivity contribution in [3.05, 3.63) is 123 Å². The third kappa shape index (κ3) is 7.47. The number of carbonyl (C=O) groups excluding carboxylic acids is 2. The van der Waals surface area contributed by atoms with Crippen molar-refractivity contribution in [2.45, 2.75) is 32.2 Å². The molecule has 10 heteroatoms. The summed E-state index contributed by atoms with van der Waals surface area (Å²) < 4.78 is 28.1. The number of hydrogen-bond donors (Lipinski definition) is 0. The molecule has 4 aromatic rings. The van der Waals surface area contributed by atoms with Gasteiger partial charge in [0.25, 0.3) is 8.32 Å². The van der Waals surface area contributed by atoms with E-state index in [4.69, 9.17) is 46.6 Å². The molecule has 0 heterocycles. The molecule has 0 aliphatic heterocycles. The molecule has 0 aliphatic carbocycles. The third-order valence-electron chi connectivity index (χ3n) is 8.13. The summed E-state index contributed by atoms with van der Waals surface area (Å²) in [4.78, 5) is 25.6. The molecule has 0 N–H and O–H groups in total. The number of hydrogen-bond acceptors (Lipinski definition) is 7. The van der Waals surface area contributed by atoms with Crippen LogP contribution in [0.4, 0.5) is 0 Å². The molecule has 0 saturated carbocycles. The molecule has 0 aliphatic rings. The molecule has 252 valence electrons. The summed E-state index contributed by atoms with van der Waals surface area (Å²) in [5.74, 6) is -0.866. The minimum Gasteiger partial charge on any atom is -0.494 e. The second kappa shape index (κ2) is 15.9. The molecule has 48 heavy (non-hydrogen) atoms. The van der Waals surface area contributed by atoms with Crippen LogP contribution in [0.1, 0.15) is 59.0 Å². The first-order valence-corrected chi connectivity index (χ1v) is 18.0. The van der Waals surface area contributed by atoms with Crippen LogP contribution in [-0.4, -0.2) is 55.3 Å². The highest BCUT2D eigenvalue weighted by Gasteiger charge is 2.49. The van der Waals surface area contributed by atoms with E-state index in [-0.39, 0.29) is 37.7 Å². The van der Waals surface area contributed by atoms with Gasteiger partial charge in [0, 0.05) is 6.61 Å². The Labute approximate surface area is 293 Å². The van der Waals surface area contributed by atoms with Crippen LogP contribution >= 0.6 is 23.2 Å². The van der Waals surface area contributed by atoms with Crippen molar-refractivity contribution in [2.75, 3.05) is 35.0 Å². The van der Waals surface area contributed by atoms with Gasteiger partial charge < -0.3 is 23.4 Å². The fraction of sp³-hybridized carbons (Fsp3) is 0.263. The number of ether oxygens (including phenoxy) is 4. The zero-order valence-electron chi connectivity index (χ0n) is 28.2. The normalized spacial score (nSPS) is 11.4. The average molecular weight is 708 g/mol. The van der Waals surface area contributed by atoms with Crippen LogP contribution in [0.15, 0.2) is 91.0 Å². The van der Waals surface area contributed by atoms with Gasteiger partial charge in [-0.25, -0.2) is 9.59 Å². The number of rotatable bonds is 12.